The van der Waals surface area contributed by atoms with E-state index in [1.165, 1.54) is 5.06 Å². The first-order valence-electron chi connectivity index (χ1n) is 5.75. The summed E-state index contributed by atoms with van der Waals surface area (Å²) in [7, 11) is 0. The third-order valence-corrected chi connectivity index (χ3v) is 4.76. The largest absolute Gasteiger partial charge is 0.313 e. The van der Waals surface area contributed by atoms with E-state index in [1.807, 2.05) is 0 Å². The van der Waals surface area contributed by atoms with Crippen molar-refractivity contribution in [2.24, 2.45) is 0 Å². The summed E-state index contributed by atoms with van der Waals surface area (Å²) in [5.41, 5.74) is -0.638. The first kappa shape index (κ1) is 10.0. The van der Waals surface area contributed by atoms with Crippen LogP contribution in [0.5, 0.6) is 0 Å². The lowest BCUT2D eigenvalue weighted by Crippen LogP contribution is -2.79. The average Bonchev–Trinajstić information content (AvgIpc) is 2.07. The molecule has 0 amide bonds. The van der Waals surface area contributed by atoms with Crippen LogP contribution < -0.4 is 0 Å². The quantitative estimate of drug-likeness (QED) is 0.661. The van der Waals surface area contributed by atoms with E-state index in [9.17, 15) is 10.4 Å². The SMILES string of the molecule is CC12CC3(C)CC(CC(C)(C1)N3O)N2[O]. The van der Waals surface area contributed by atoms with Crippen LogP contribution in [-0.4, -0.2) is 38.0 Å². The van der Waals surface area contributed by atoms with Gasteiger partial charge in [-0.05, 0) is 46.5 Å². The van der Waals surface area contributed by atoms with Crippen LogP contribution in [0.3, 0.4) is 0 Å². The lowest BCUT2D eigenvalue weighted by Gasteiger charge is -2.69. The fraction of sp³-hybridized carbons (Fsp3) is 1.00. The molecule has 0 aromatic heterocycles. The summed E-state index contributed by atoms with van der Waals surface area (Å²) in [4.78, 5) is 0. The molecule has 85 valence electrons. The van der Waals surface area contributed by atoms with Gasteiger partial charge in [-0.2, -0.15) is 5.06 Å². The highest BCUT2D eigenvalue weighted by Gasteiger charge is 2.66. The smallest absolute Gasteiger partial charge is 0.0505 e. The molecule has 4 aliphatic rings. The van der Waals surface area contributed by atoms with Gasteiger partial charge >= 0.3 is 0 Å². The zero-order valence-electron chi connectivity index (χ0n) is 9.66. The Labute approximate surface area is 90.4 Å². The van der Waals surface area contributed by atoms with E-state index in [0.717, 1.165) is 25.7 Å². The second-order valence-electron chi connectivity index (χ2n) is 6.54. The van der Waals surface area contributed by atoms with Gasteiger partial charge in [0.2, 0.25) is 0 Å². The van der Waals surface area contributed by atoms with Gasteiger partial charge in [0.05, 0.1) is 5.54 Å². The van der Waals surface area contributed by atoms with Gasteiger partial charge in [0.1, 0.15) is 0 Å². The molecule has 15 heavy (non-hydrogen) atoms. The highest BCUT2D eigenvalue weighted by atomic mass is 16.5. The van der Waals surface area contributed by atoms with Gasteiger partial charge in [0.15, 0.2) is 0 Å². The van der Waals surface area contributed by atoms with Crippen molar-refractivity contribution in [2.45, 2.75) is 69.1 Å². The predicted molar refractivity (Wildman–Crippen MR) is 53.6 cm³/mol. The number of rotatable bonds is 0. The lowest BCUT2D eigenvalue weighted by atomic mass is 9.58. The average molecular weight is 211 g/mol. The van der Waals surface area contributed by atoms with Crippen molar-refractivity contribution in [2.75, 3.05) is 0 Å². The maximum absolute atomic E-state index is 12.1. The van der Waals surface area contributed by atoms with Gasteiger partial charge in [0, 0.05) is 17.1 Å². The molecule has 0 aliphatic carbocycles. The lowest BCUT2D eigenvalue weighted by molar-refractivity contribution is -0.391. The van der Waals surface area contributed by atoms with Crippen LogP contribution in [0.2, 0.25) is 0 Å². The molecule has 4 bridgehead atoms. The molecule has 4 saturated heterocycles. The van der Waals surface area contributed by atoms with Gasteiger partial charge in [-0.15, -0.1) is 10.3 Å². The maximum Gasteiger partial charge on any atom is 0.0505 e. The summed E-state index contributed by atoms with van der Waals surface area (Å²) < 4.78 is 0. The highest BCUT2D eigenvalue weighted by molar-refractivity contribution is 5.18. The van der Waals surface area contributed by atoms with E-state index in [0.29, 0.717) is 0 Å². The zero-order valence-corrected chi connectivity index (χ0v) is 9.66. The Bertz CT molecular complexity index is 296. The summed E-state index contributed by atoms with van der Waals surface area (Å²) >= 11 is 0. The van der Waals surface area contributed by atoms with Crippen molar-refractivity contribution in [1.82, 2.24) is 10.1 Å². The summed E-state index contributed by atoms with van der Waals surface area (Å²) in [5.74, 6) is 0. The summed E-state index contributed by atoms with van der Waals surface area (Å²) in [5, 5.41) is 25.2. The first-order valence-corrected chi connectivity index (χ1v) is 5.75. The van der Waals surface area contributed by atoms with Crippen LogP contribution in [0.25, 0.3) is 0 Å². The molecule has 0 aromatic rings. The number of nitrogens with zero attached hydrogens (tertiary/aromatic N) is 2. The molecule has 1 radical (unpaired) electrons. The minimum absolute atomic E-state index is 0.107. The molecule has 1 N–H and O–H groups in total. The molecular formula is C11H19N2O2. The van der Waals surface area contributed by atoms with Crippen molar-refractivity contribution in [1.29, 1.82) is 0 Å². The maximum atomic E-state index is 12.1. The van der Waals surface area contributed by atoms with Crippen LogP contribution in [0.15, 0.2) is 0 Å². The molecule has 4 fully saturated rings. The van der Waals surface area contributed by atoms with E-state index in [2.05, 4.69) is 20.8 Å². The molecule has 0 saturated carbocycles. The van der Waals surface area contributed by atoms with Crippen LogP contribution in [0.1, 0.15) is 46.5 Å². The Hall–Kier alpha value is -0.160. The number of hydrogen-bond donors (Lipinski definition) is 1. The number of hydrogen-bond acceptors (Lipinski definition) is 3. The summed E-state index contributed by atoms with van der Waals surface area (Å²) in [6.45, 7) is 6.22. The standard InChI is InChI=1S/C11H19N2O2/c1-9-4-8-5-10(2,13(9)15)7-11(3,6-9)12(8)14/h8,15H,4-7H2,1-3H3. The molecule has 4 heterocycles. The fourth-order valence-electron chi connectivity index (χ4n) is 4.67. The molecule has 0 aromatic carbocycles. The Balaban J connectivity index is 2.09. The topological polar surface area (TPSA) is 46.6 Å². The van der Waals surface area contributed by atoms with Gasteiger partial charge < -0.3 is 5.21 Å². The van der Waals surface area contributed by atoms with Crippen LogP contribution in [0, 0.1) is 0 Å². The monoisotopic (exact) mass is 211 g/mol. The Morgan fingerprint density at radius 3 is 1.93 bits per heavy atom. The normalized spacial score (nSPS) is 60.2. The second kappa shape index (κ2) is 2.40. The van der Waals surface area contributed by atoms with Crippen LogP contribution >= 0.6 is 0 Å². The third kappa shape index (κ3) is 1.01. The van der Waals surface area contributed by atoms with Crippen LogP contribution in [-0.2, 0) is 5.21 Å². The Kier molecular flexibility index (Phi) is 1.60. The third-order valence-electron chi connectivity index (χ3n) is 4.76. The van der Waals surface area contributed by atoms with Crippen LogP contribution in [0.4, 0.5) is 0 Å². The summed E-state index contributed by atoms with van der Waals surface area (Å²) in [6, 6.07) is 0.107. The highest BCUT2D eigenvalue weighted by Crippen LogP contribution is 2.58. The van der Waals surface area contributed by atoms with Crippen molar-refractivity contribution in [3.8, 4) is 0 Å². The molecule has 4 heteroatoms. The molecule has 4 aliphatic heterocycles. The minimum atomic E-state index is -0.260. The molecule has 0 spiro atoms. The Morgan fingerprint density at radius 2 is 1.53 bits per heavy atom. The molecule has 2 atom stereocenters. The van der Waals surface area contributed by atoms with Crippen molar-refractivity contribution in [3.63, 3.8) is 0 Å². The first-order chi connectivity index (χ1) is 6.79. The second-order valence-corrected chi connectivity index (χ2v) is 6.54. The summed E-state index contributed by atoms with van der Waals surface area (Å²) in [6.07, 6.45) is 3.18. The minimum Gasteiger partial charge on any atom is -0.313 e. The van der Waals surface area contributed by atoms with Crippen molar-refractivity contribution in [3.05, 3.63) is 0 Å². The molecule has 4 rings (SSSR count). The van der Waals surface area contributed by atoms with E-state index >= 15 is 0 Å². The van der Waals surface area contributed by atoms with Gasteiger partial charge in [-0.1, -0.05) is 0 Å². The molecular weight excluding hydrogens is 192 g/mol. The Morgan fingerprint density at radius 1 is 1.07 bits per heavy atom. The number of piperidine rings is 4. The molecule has 2 unspecified atom stereocenters. The van der Waals surface area contributed by atoms with E-state index < -0.39 is 0 Å². The van der Waals surface area contributed by atoms with Crippen molar-refractivity contribution < 1.29 is 10.4 Å². The van der Waals surface area contributed by atoms with E-state index in [1.54, 1.807) is 5.06 Å². The van der Waals surface area contributed by atoms with E-state index in [-0.39, 0.29) is 22.7 Å². The number of hydroxylamine groups is 4. The van der Waals surface area contributed by atoms with Gasteiger partial charge in [0.25, 0.3) is 0 Å². The van der Waals surface area contributed by atoms with E-state index in [4.69, 9.17) is 0 Å². The van der Waals surface area contributed by atoms with Gasteiger partial charge in [-0.3, -0.25) is 0 Å². The molecule has 4 nitrogen and oxygen atoms in total. The van der Waals surface area contributed by atoms with Crippen molar-refractivity contribution >= 4 is 0 Å². The van der Waals surface area contributed by atoms with Gasteiger partial charge in [-0.25, -0.2) is 0 Å². The predicted octanol–water partition coefficient (Wildman–Crippen LogP) is 1.57. The zero-order chi connectivity index (χ0) is 11.1. The fourth-order valence-corrected chi connectivity index (χ4v) is 4.67.